The van der Waals surface area contributed by atoms with E-state index in [1.165, 1.54) is 5.56 Å². The van der Waals surface area contributed by atoms with E-state index in [0.29, 0.717) is 23.5 Å². The van der Waals surface area contributed by atoms with Crippen LogP contribution in [0.3, 0.4) is 0 Å². The molecule has 0 saturated heterocycles. The van der Waals surface area contributed by atoms with Crippen molar-refractivity contribution < 1.29 is 4.79 Å². The topological polar surface area (TPSA) is 29.1 Å². The number of rotatable bonds is 5. The maximum absolute atomic E-state index is 12.2. The highest BCUT2D eigenvalue weighted by molar-refractivity contribution is 5.96. The van der Waals surface area contributed by atoms with Gasteiger partial charge in [0, 0.05) is 23.9 Å². The molecule has 1 saturated carbocycles. The molecule has 0 spiro atoms. The van der Waals surface area contributed by atoms with Crippen molar-refractivity contribution in [2.24, 2.45) is 11.3 Å². The first-order chi connectivity index (χ1) is 10.5. The van der Waals surface area contributed by atoms with Crippen LogP contribution in [-0.4, -0.2) is 5.78 Å². The maximum Gasteiger partial charge on any atom is 0.160 e. The Kier molecular flexibility index (Phi) is 5.44. The highest BCUT2D eigenvalue weighted by atomic mass is 16.1. The SMILES string of the molecule is CCc1ccccc1N/C=C1\C[C@H](C(C)(C)CC)CCC1=O. The molecule has 1 aliphatic carbocycles. The first-order valence-electron chi connectivity index (χ1n) is 8.54. The van der Waals surface area contributed by atoms with Gasteiger partial charge in [-0.3, -0.25) is 4.79 Å². The number of anilines is 1. The Hall–Kier alpha value is -1.57. The molecule has 0 heterocycles. The number of hydrogen-bond acceptors (Lipinski definition) is 2. The van der Waals surface area contributed by atoms with Gasteiger partial charge in [-0.2, -0.15) is 0 Å². The van der Waals surface area contributed by atoms with Gasteiger partial charge in [-0.25, -0.2) is 0 Å². The van der Waals surface area contributed by atoms with Crippen LogP contribution in [0.4, 0.5) is 5.69 Å². The van der Waals surface area contributed by atoms with Gasteiger partial charge in [0.2, 0.25) is 0 Å². The van der Waals surface area contributed by atoms with Crippen LogP contribution in [0.15, 0.2) is 36.0 Å². The van der Waals surface area contributed by atoms with E-state index >= 15 is 0 Å². The molecular formula is C20H29NO. The molecule has 1 atom stereocenters. The molecule has 0 unspecified atom stereocenters. The van der Waals surface area contributed by atoms with Crippen LogP contribution < -0.4 is 5.32 Å². The summed E-state index contributed by atoms with van der Waals surface area (Å²) in [5, 5.41) is 3.37. The fraction of sp³-hybridized carbons (Fsp3) is 0.550. The van der Waals surface area contributed by atoms with E-state index in [-0.39, 0.29) is 0 Å². The molecule has 1 aromatic rings. The van der Waals surface area contributed by atoms with Crippen LogP contribution in [-0.2, 0) is 11.2 Å². The molecule has 0 bridgehead atoms. The summed E-state index contributed by atoms with van der Waals surface area (Å²) in [7, 11) is 0. The fourth-order valence-electron chi connectivity index (χ4n) is 3.18. The molecule has 120 valence electrons. The van der Waals surface area contributed by atoms with Crippen molar-refractivity contribution in [3.05, 3.63) is 41.6 Å². The van der Waals surface area contributed by atoms with Crippen molar-refractivity contribution in [3.63, 3.8) is 0 Å². The van der Waals surface area contributed by atoms with E-state index in [4.69, 9.17) is 0 Å². The van der Waals surface area contributed by atoms with Gasteiger partial charge in [0.25, 0.3) is 0 Å². The van der Waals surface area contributed by atoms with E-state index in [2.05, 4.69) is 51.2 Å². The number of carbonyl (C=O) groups is 1. The van der Waals surface area contributed by atoms with Crippen molar-refractivity contribution in [2.45, 2.75) is 59.8 Å². The molecule has 0 aliphatic heterocycles. The summed E-state index contributed by atoms with van der Waals surface area (Å²) in [6.45, 7) is 9.05. The number of hydrogen-bond donors (Lipinski definition) is 1. The standard InChI is InChI=1S/C20H29NO/c1-5-15-9-7-8-10-18(15)21-14-16-13-17(11-12-19(16)22)20(3,4)6-2/h7-10,14,17,21H,5-6,11-13H2,1-4H3/b16-14+/t17-/m1/s1. The number of carbonyl (C=O) groups excluding carboxylic acids is 1. The maximum atomic E-state index is 12.2. The smallest absolute Gasteiger partial charge is 0.160 e. The molecule has 0 radical (unpaired) electrons. The quantitative estimate of drug-likeness (QED) is 0.742. The molecule has 2 heteroatoms. The molecule has 2 nitrogen and oxygen atoms in total. The summed E-state index contributed by atoms with van der Waals surface area (Å²) >= 11 is 0. The zero-order valence-corrected chi connectivity index (χ0v) is 14.4. The Balaban J connectivity index is 2.13. The highest BCUT2D eigenvalue weighted by Gasteiger charge is 2.33. The summed E-state index contributed by atoms with van der Waals surface area (Å²) in [5.41, 5.74) is 3.67. The number of benzene rings is 1. The molecule has 1 N–H and O–H groups in total. The summed E-state index contributed by atoms with van der Waals surface area (Å²) in [6, 6.07) is 8.30. The van der Waals surface area contributed by atoms with Crippen molar-refractivity contribution >= 4 is 11.5 Å². The third kappa shape index (κ3) is 3.79. The normalized spacial score (nSPS) is 21.2. The molecule has 22 heavy (non-hydrogen) atoms. The van der Waals surface area contributed by atoms with Crippen LogP contribution in [0.25, 0.3) is 0 Å². The van der Waals surface area contributed by atoms with Crippen LogP contribution in [0.2, 0.25) is 0 Å². The first-order valence-corrected chi connectivity index (χ1v) is 8.54. The third-order valence-electron chi connectivity index (χ3n) is 5.36. The summed E-state index contributed by atoms with van der Waals surface area (Å²) < 4.78 is 0. The van der Waals surface area contributed by atoms with Gasteiger partial charge in [-0.15, -0.1) is 0 Å². The molecule has 2 rings (SSSR count). The minimum atomic E-state index is 0.307. The number of nitrogens with one attached hydrogen (secondary N) is 1. The second kappa shape index (κ2) is 7.13. The van der Waals surface area contributed by atoms with E-state index in [1.54, 1.807) is 0 Å². The van der Waals surface area contributed by atoms with Gasteiger partial charge in [-0.05, 0) is 42.2 Å². The van der Waals surface area contributed by atoms with Gasteiger partial charge in [0.15, 0.2) is 5.78 Å². The molecular weight excluding hydrogens is 270 g/mol. The molecule has 1 aliphatic rings. The number of ketones is 1. The predicted molar refractivity (Wildman–Crippen MR) is 93.9 cm³/mol. The average Bonchev–Trinajstić information content (AvgIpc) is 2.54. The monoisotopic (exact) mass is 299 g/mol. The Morgan fingerprint density at radius 2 is 2.00 bits per heavy atom. The Morgan fingerprint density at radius 3 is 2.68 bits per heavy atom. The second-order valence-corrected chi connectivity index (χ2v) is 7.03. The summed E-state index contributed by atoms with van der Waals surface area (Å²) in [4.78, 5) is 12.2. The van der Waals surface area contributed by atoms with E-state index in [9.17, 15) is 4.79 Å². The van der Waals surface area contributed by atoms with Gasteiger partial charge in [0.1, 0.15) is 0 Å². The van der Waals surface area contributed by atoms with E-state index in [1.807, 2.05) is 12.3 Å². The van der Waals surface area contributed by atoms with E-state index < -0.39 is 0 Å². The highest BCUT2D eigenvalue weighted by Crippen LogP contribution is 2.41. The summed E-state index contributed by atoms with van der Waals surface area (Å²) in [6.07, 6.45) is 6.73. The Morgan fingerprint density at radius 1 is 1.27 bits per heavy atom. The van der Waals surface area contributed by atoms with Gasteiger partial charge in [-0.1, -0.05) is 52.3 Å². The van der Waals surface area contributed by atoms with Crippen molar-refractivity contribution in [3.8, 4) is 0 Å². The number of aryl methyl sites for hydroxylation is 1. The van der Waals surface area contributed by atoms with Crippen LogP contribution in [0.5, 0.6) is 0 Å². The zero-order chi connectivity index (χ0) is 16.2. The van der Waals surface area contributed by atoms with Crippen LogP contribution >= 0.6 is 0 Å². The lowest BCUT2D eigenvalue weighted by Crippen LogP contribution is -2.29. The lowest BCUT2D eigenvalue weighted by Gasteiger charge is -2.36. The lowest BCUT2D eigenvalue weighted by molar-refractivity contribution is -0.117. The molecule has 1 fully saturated rings. The van der Waals surface area contributed by atoms with Crippen LogP contribution in [0.1, 0.15) is 58.9 Å². The number of para-hydroxylation sites is 1. The Bertz CT molecular complexity index is 557. The van der Waals surface area contributed by atoms with Gasteiger partial charge in [0.05, 0.1) is 0 Å². The average molecular weight is 299 g/mol. The number of allylic oxidation sites excluding steroid dienone is 1. The van der Waals surface area contributed by atoms with Gasteiger partial charge >= 0.3 is 0 Å². The van der Waals surface area contributed by atoms with Crippen molar-refractivity contribution in [1.82, 2.24) is 0 Å². The predicted octanol–water partition coefficient (Wildman–Crippen LogP) is 5.35. The molecule has 0 aromatic heterocycles. The van der Waals surface area contributed by atoms with E-state index in [0.717, 1.165) is 36.9 Å². The summed E-state index contributed by atoms with van der Waals surface area (Å²) in [5.74, 6) is 0.911. The minimum Gasteiger partial charge on any atom is -0.361 e. The van der Waals surface area contributed by atoms with Gasteiger partial charge < -0.3 is 5.32 Å². The minimum absolute atomic E-state index is 0.307. The fourth-order valence-corrected chi connectivity index (χ4v) is 3.18. The molecule has 0 amide bonds. The zero-order valence-electron chi connectivity index (χ0n) is 14.4. The lowest BCUT2D eigenvalue weighted by atomic mass is 9.68. The van der Waals surface area contributed by atoms with Crippen LogP contribution in [0, 0.1) is 11.3 Å². The number of Topliss-reactive ketones (excluding diaryl/α,β-unsaturated/α-hetero) is 1. The van der Waals surface area contributed by atoms with Crippen molar-refractivity contribution in [2.75, 3.05) is 5.32 Å². The Labute approximate surface area is 135 Å². The second-order valence-electron chi connectivity index (χ2n) is 7.03. The molecule has 1 aromatic carbocycles. The largest absolute Gasteiger partial charge is 0.361 e. The van der Waals surface area contributed by atoms with Crippen molar-refractivity contribution in [1.29, 1.82) is 0 Å². The third-order valence-corrected chi connectivity index (χ3v) is 5.36. The first kappa shape index (κ1) is 16.8.